The van der Waals surface area contributed by atoms with Crippen LogP contribution in [0.5, 0.6) is 0 Å². The minimum atomic E-state index is -3.19. The summed E-state index contributed by atoms with van der Waals surface area (Å²) in [6.07, 6.45) is 1.24. The lowest BCUT2D eigenvalue weighted by atomic mass is 10.1. The van der Waals surface area contributed by atoms with Gasteiger partial charge in [0.1, 0.15) is 0 Å². The minimum absolute atomic E-state index is 0.192. The second kappa shape index (κ2) is 5.16. The Balaban J connectivity index is 2.30. The first kappa shape index (κ1) is 15.0. The Hall–Kier alpha value is -0.430. The molecular formula is C13H18BrNO3S. The van der Waals surface area contributed by atoms with Gasteiger partial charge in [-0.3, -0.25) is 0 Å². The largest absolute Gasteiger partial charge is 0.380 e. The van der Waals surface area contributed by atoms with E-state index in [-0.39, 0.29) is 12.5 Å². The number of benzene rings is 1. The van der Waals surface area contributed by atoms with Gasteiger partial charge in [0.15, 0.2) is 9.84 Å². The van der Waals surface area contributed by atoms with E-state index in [9.17, 15) is 8.42 Å². The highest BCUT2D eigenvalue weighted by atomic mass is 79.9. The standard InChI is InChI=1S/C13H18BrNO3S/c1-3-18-8-13(15)11(12(13)19(2,16)17)9-4-6-10(14)7-5-9/h4-7,11-12H,3,8,15H2,1-2H3/t11-,12-,13-/m0/s1. The molecule has 0 aromatic heterocycles. The van der Waals surface area contributed by atoms with Gasteiger partial charge in [0, 0.05) is 23.3 Å². The quantitative estimate of drug-likeness (QED) is 0.879. The molecule has 0 spiro atoms. The van der Waals surface area contributed by atoms with E-state index in [2.05, 4.69) is 15.9 Å². The van der Waals surface area contributed by atoms with Crippen LogP contribution in [0, 0.1) is 0 Å². The molecule has 0 saturated heterocycles. The molecular weight excluding hydrogens is 330 g/mol. The molecule has 1 aliphatic rings. The lowest BCUT2D eigenvalue weighted by molar-refractivity contribution is 0.125. The van der Waals surface area contributed by atoms with Crippen molar-refractivity contribution in [1.29, 1.82) is 0 Å². The molecule has 3 atom stereocenters. The number of ether oxygens (including phenoxy) is 1. The Morgan fingerprint density at radius 1 is 1.37 bits per heavy atom. The first-order chi connectivity index (χ1) is 8.80. The fourth-order valence-electron chi connectivity index (χ4n) is 2.67. The first-order valence-corrected chi connectivity index (χ1v) is 8.86. The summed E-state index contributed by atoms with van der Waals surface area (Å²) in [4.78, 5) is 0. The van der Waals surface area contributed by atoms with Crippen molar-refractivity contribution in [3.63, 3.8) is 0 Å². The Morgan fingerprint density at radius 3 is 2.42 bits per heavy atom. The Kier molecular flexibility index (Phi) is 4.07. The van der Waals surface area contributed by atoms with Crippen LogP contribution >= 0.6 is 15.9 Å². The molecule has 0 unspecified atom stereocenters. The number of nitrogens with two attached hydrogens (primary N) is 1. The number of halogens is 1. The summed E-state index contributed by atoms with van der Waals surface area (Å²) in [5.74, 6) is -0.192. The maximum atomic E-state index is 11.9. The molecule has 1 aromatic carbocycles. The van der Waals surface area contributed by atoms with E-state index in [1.165, 1.54) is 6.26 Å². The summed E-state index contributed by atoms with van der Waals surface area (Å²) >= 11 is 3.37. The zero-order valence-electron chi connectivity index (χ0n) is 11.0. The molecule has 2 rings (SSSR count). The van der Waals surface area contributed by atoms with E-state index in [1.54, 1.807) is 0 Å². The predicted molar refractivity (Wildman–Crippen MR) is 78.9 cm³/mol. The van der Waals surface area contributed by atoms with Crippen molar-refractivity contribution in [3.05, 3.63) is 34.3 Å². The van der Waals surface area contributed by atoms with Crippen LogP contribution in [-0.4, -0.2) is 38.7 Å². The molecule has 19 heavy (non-hydrogen) atoms. The van der Waals surface area contributed by atoms with Gasteiger partial charge in [-0.15, -0.1) is 0 Å². The van der Waals surface area contributed by atoms with Crippen LogP contribution in [0.1, 0.15) is 18.4 Å². The van der Waals surface area contributed by atoms with E-state index >= 15 is 0 Å². The van der Waals surface area contributed by atoms with Crippen molar-refractivity contribution in [1.82, 2.24) is 0 Å². The highest BCUT2D eigenvalue weighted by molar-refractivity contribution is 9.10. The summed E-state index contributed by atoms with van der Waals surface area (Å²) in [7, 11) is -3.19. The van der Waals surface area contributed by atoms with Gasteiger partial charge < -0.3 is 10.5 Å². The lowest BCUT2D eigenvalue weighted by Gasteiger charge is -2.11. The van der Waals surface area contributed by atoms with Gasteiger partial charge in [-0.2, -0.15) is 0 Å². The fourth-order valence-corrected chi connectivity index (χ4v) is 4.78. The second-order valence-corrected chi connectivity index (χ2v) is 8.11. The number of hydrogen-bond donors (Lipinski definition) is 1. The Morgan fingerprint density at radius 2 is 1.95 bits per heavy atom. The predicted octanol–water partition coefficient (Wildman–Crippen LogP) is 1.69. The SMILES string of the molecule is CCOC[C@]1(N)[C@@H](c2ccc(Br)cc2)[C@@H]1S(C)(=O)=O. The van der Waals surface area contributed by atoms with E-state index in [4.69, 9.17) is 10.5 Å². The van der Waals surface area contributed by atoms with Crippen LogP contribution in [0.2, 0.25) is 0 Å². The zero-order chi connectivity index (χ0) is 14.3. The fraction of sp³-hybridized carbons (Fsp3) is 0.538. The van der Waals surface area contributed by atoms with Crippen LogP contribution in [0.3, 0.4) is 0 Å². The molecule has 2 N–H and O–H groups in total. The number of rotatable bonds is 5. The van der Waals surface area contributed by atoms with Crippen molar-refractivity contribution in [2.75, 3.05) is 19.5 Å². The van der Waals surface area contributed by atoms with Crippen LogP contribution in [0.4, 0.5) is 0 Å². The third-order valence-corrected chi connectivity index (χ3v) is 5.71. The van der Waals surface area contributed by atoms with E-state index in [0.717, 1.165) is 10.0 Å². The molecule has 0 aliphatic heterocycles. The molecule has 0 radical (unpaired) electrons. The summed E-state index contributed by atoms with van der Waals surface area (Å²) in [5, 5.41) is -0.562. The molecule has 4 nitrogen and oxygen atoms in total. The average molecular weight is 348 g/mol. The van der Waals surface area contributed by atoms with Gasteiger partial charge in [-0.1, -0.05) is 28.1 Å². The van der Waals surface area contributed by atoms with Crippen LogP contribution in [0.15, 0.2) is 28.7 Å². The smallest absolute Gasteiger partial charge is 0.152 e. The minimum Gasteiger partial charge on any atom is -0.380 e. The lowest BCUT2D eigenvalue weighted by Crippen LogP contribution is -2.36. The molecule has 1 aliphatic carbocycles. The van der Waals surface area contributed by atoms with Crippen molar-refractivity contribution in [2.45, 2.75) is 23.6 Å². The van der Waals surface area contributed by atoms with Gasteiger partial charge in [0.2, 0.25) is 0 Å². The molecule has 0 heterocycles. The van der Waals surface area contributed by atoms with Gasteiger partial charge in [0.25, 0.3) is 0 Å². The maximum Gasteiger partial charge on any atom is 0.152 e. The third-order valence-electron chi connectivity index (χ3n) is 3.55. The Labute approximate surface area is 122 Å². The maximum absolute atomic E-state index is 11.9. The first-order valence-electron chi connectivity index (χ1n) is 6.11. The normalized spacial score (nSPS) is 30.3. The van der Waals surface area contributed by atoms with Gasteiger partial charge in [-0.05, 0) is 24.6 Å². The third kappa shape index (κ3) is 2.86. The topological polar surface area (TPSA) is 69.4 Å². The average Bonchev–Trinajstić information content (AvgIpc) is 2.95. The second-order valence-electron chi connectivity index (χ2n) is 5.03. The summed E-state index contributed by atoms with van der Waals surface area (Å²) in [5.41, 5.74) is 6.40. The zero-order valence-corrected chi connectivity index (χ0v) is 13.4. The van der Waals surface area contributed by atoms with E-state index in [0.29, 0.717) is 6.61 Å². The van der Waals surface area contributed by atoms with E-state index < -0.39 is 20.6 Å². The van der Waals surface area contributed by atoms with Gasteiger partial charge >= 0.3 is 0 Å². The van der Waals surface area contributed by atoms with Crippen molar-refractivity contribution < 1.29 is 13.2 Å². The Bertz CT molecular complexity index is 558. The number of sulfone groups is 1. The summed E-state index contributed by atoms with van der Waals surface area (Å²) in [6.45, 7) is 2.67. The van der Waals surface area contributed by atoms with Crippen molar-refractivity contribution in [3.8, 4) is 0 Å². The van der Waals surface area contributed by atoms with Crippen LogP contribution < -0.4 is 5.73 Å². The monoisotopic (exact) mass is 347 g/mol. The van der Waals surface area contributed by atoms with Crippen molar-refractivity contribution >= 4 is 25.8 Å². The van der Waals surface area contributed by atoms with E-state index in [1.807, 2.05) is 31.2 Å². The molecule has 6 heteroatoms. The molecule has 0 bridgehead atoms. The molecule has 106 valence electrons. The van der Waals surface area contributed by atoms with Gasteiger partial charge in [-0.25, -0.2) is 8.42 Å². The van der Waals surface area contributed by atoms with Crippen molar-refractivity contribution in [2.24, 2.45) is 5.73 Å². The van der Waals surface area contributed by atoms with Gasteiger partial charge in [0.05, 0.1) is 17.4 Å². The highest BCUT2D eigenvalue weighted by Gasteiger charge is 2.67. The summed E-state index contributed by atoms with van der Waals surface area (Å²) < 4.78 is 30.1. The number of hydrogen-bond acceptors (Lipinski definition) is 4. The summed E-state index contributed by atoms with van der Waals surface area (Å²) in [6, 6.07) is 7.61. The highest BCUT2D eigenvalue weighted by Crippen LogP contribution is 2.54. The molecule has 1 fully saturated rings. The molecule has 1 aromatic rings. The molecule has 1 saturated carbocycles. The molecule has 0 amide bonds. The van der Waals surface area contributed by atoms with Crippen LogP contribution in [-0.2, 0) is 14.6 Å². The van der Waals surface area contributed by atoms with Crippen LogP contribution in [0.25, 0.3) is 0 Å².